The van der Waals surface area contributed by atoms with E-state index < -0.39 is 11.8 Å². The van der Waals surface area contributed by atoms with E-state index in [0.717, 1.165) is 29.9 Å². The number of carbonyl (C=O) groups is 2. The first-order valence-electron chi connectivity index (χ1n) is 8.59. The van der Waals surface area contributed by atoms with Crippen LogP contribution in [0.15, 0.2) is 53.6 Å². The van der Waals surface area contributed by atoms with Crippen LogP contribution in [-0.2, 0) is 9.59 Å². The summed E-state index contributed by atoms with van der Waals surface area (Å²) in [6.45, 7) is 8.04. The van der Waals surface area contributed by atoms with E-state index in [4.69, 9.17) is 0 Å². The van der Waals surface area contributed by atoms with E-state index in [2.05, 4.69) is 34.6 Å². The van der Waals surface area contributed by atoms with Crippen molar-refractivity contribution >= 4 is 29.4 Å². The fourth-order valence-corrected chi connectivity index (χ4v) is 2.40. The van der Waals surface area contributed by atoms with Crippen molar-refractivity contribution in [2.75, 3.05) is 23.3 Å². The Morgan fingerprint density at radius 3 is 2.15 bits per heavy atom. The van der Waals surface area contributed by atoms with E-state index in [1.807, 2.05) is 43.3 Å². The molecule has 0 unspecified atom stereocenters. The quantitative estimate of drug-likeness (QED) is 0.477. The van der Waals surface area contributed by atoms with Crippen molar-refractivity contribution in [1.82, 2.24) is 5.43 Å². The average molecular weight is 352 g/mol. The van der Waals surface area contributed by atoms with Crippen molar-refractivity contribution in [1.29, 1.82) is 0 Å². The van der Waals surface area contributed by atoms with E-state index in [9.17, 15) is 9.59 Å². The van der Waals surface area contributed by atoms with Gasteiger partial charge in [0, 0.05) is 24.5 Å². The van der Waals surface area contributed by atoms with Crippen LogP contribution >= 0.6 is 0 Å². The monoisotopic (exact) mass is 352 g/mol. The Bertz CT molecular complexity index is 763. The largest absolute Gasteiger partial charge is 0.372 e. The minimum absolute atomic E-state index is 0.562. The molecule has 2 N–H and O–H groups in total. The molecule has 0 heterocycles. The van der Waals surface area contributed by atoms with Crippen molar-refractivity contribution in [2.24, 2.45) is 5.10 Å². The number of hydrogen-bond acceptors (Lipinski definition) is 4. The Hall–Kier alpha value is -3.15. The maximum Gasteiger partial charge on any atom is 0.329 e. The van der Waals surface area contributed by atoms with Gasteiger partial charge in [-0.3, -0.25) is 9.59 Å². The minimum atomic E-state index is -0.818. The first kappa shape index (κ1) is 19.2. The molecule has 26 heavy (non-hydrogen) atoms. The standard InChI is InChI=1S/C20H24N4O2/c1-4-24(5-2)18-12-8-16(9-13-18)14-21-23-20(26)19(25)22-17-10-6-15(3)7-11-17/h6-14H,4-5H2,1-3H3,(H,22,25)(H,23,26)/b21-14+. The SMILES string of the molecule is CCN(CC)c1ccc(/C=N/NC(=O)C(=O)Nc2ccc(C)cc2)cc1. The molecule has 0 aliphatic carbocycles. The highest BCUT2D eigenvalue weighted by Crippen LogP contribution is 2.14. The van der Waals surface area contributed by atoms with E-state index in [1.165, 1.54) is 6.21 Å². The second-order valence-electron chi connectivity index (χ2n) is 5.78. The van der Waals surface area contributed by atoms with Crippen molar-refractivity contribution in [2.45, 2.75) is 20.8 Å². The number of rotatable bonds is 6. The second kappa shape index (κ2) is 9.36. The van der Waals surface area contributed by atoms with Gasteiger partial charge < -0.3 is 10.2 Å². The number of amides is 2. The van der Waals surface area contributed by atoms with Crippen LogP contribution in [0.4, 0.5) is 11.4 Å². The molecular formula is C20H24N4O2. The normalized spacial score (nSPS) is 10.6. The summed E-state index contributed by atoms with van der Waals surface area (Å²) in [5.74, 6) is -1.58. The number of nitrogens with zero attached hydrogens (tertiary/aromatic N) is 2. The molecule has 0 atom stereocenters. The third-order valence-corrected chi connectivity index (χ3v) is 3.92. The minimum Gasteiger partial charge on any atom is -0.372 e. The van der Waals surface area contributed by atoms with Crippen LogP contribution in [0.1, 0.15) is 25.0 Å². The Balaban J connectivity index is 1.87. The zero-order chi connectivity index (χ0) is 18.9. The lowest BCUT2D eigenvalue weighted by Gasteiger charge is -2.20. The Morgan fingerprint density at radius 1 is 0.962 bits per heavy atom. The summed E-state index contributed by atoms with van der Waals surface area (Å²) in [6, 6.07) is 15.0. The average Bonchev–Trinajstić information content (AvgIpc) is 2.65. The maximum absolute atomic E-state index is 11.8. The van der Waals surface area contributed by atoms with Crippen molar-refractivity contribution in [3.05, 3.63) is 59.7 Å². The van der Waals surface area contributed by atoms with Gasteiger partial charge in [0.05, 0.1) is 6.21 Å². The molecular weight excluding hydrogens is 328 g/mol. The van der Waals surface area contributed by atoms with Crippen LogP contribution < -0.4 is 15.6 Å². The molecule has 6 heteroatoms. The molecule has 0 spiro atoms. The lowest BCUT2D eigenvalue weighted by atomic mass is 10.2. The van der Waals surface area contributed by atoms with E-state index in [0.29, 0.717) is 5.69 Å². The molecule has 0 bridgehead atoms. The van der Waals surface area contributed by atoms with Gasteiger partial charge in [-0.1, -0.05) is 29.8 Å². The molecule has 2 rings (SSSR count). The predicted molar refractivity (Wildman–Crippen MR) is 106 cm³/mol. The summed E-state index contributed by atoms with van der Waals surface area (Å²) < 4.78 is 0. The molecule has 0 aliphatic heterocycles. The molecule has 136 valence electrons. The number of carbonyl (C=O) groups excluding carboxylic acids is 2. The zero-order valence-electron chi connectivity index (χ0n) is 15.3. The van der Waals surface area contributed by atoms with Crippen LogP contribution in [0.2, 0.25) is 0 Å². The van der Waals surface area contributed by atoms with Gasteiger partial charge in [-0.05, 0) is 50.6 Å². The third kappa shape index (κ3) is 5.44. The van der Waals surface area contributed by atoms with Crippen molar-refractivity contribution < 1.29 is 9.59 Å². The molecule has 0 saturated carbocycles. The van der Waals surface area contributed by atoms with Gasteiger partial charge in [0.1, 0.15) is 0 Å². The van der Waals surface area contributed by atoms with E-state index in [1.54, 1.807) is 12.1 Å². The van der Waals surface area contributed by atoms with E-state index in [-0.39, 0.29) is 0 Å². The summed E-state index contributed by atoms with van der Waals surface area (Å²) in [7, 11) is 0. The summed E-state index contributed by atoms with van der Waals surface area (Å²) in [4.78, 5) is 25.8. The van der Waals surface area contributed by atoms with Gasteiger partial charge in [0.25, 0.3) is 0 Å². The zero-order valence-corrected chi connectivity index (χ0v) is 15.3. The lowest BCUT2D eigenvalue weighted by Crippen LogP contribution is -2.32. The molecule has 2 amide bonds. The van der Waals surface area contributed by atoms with Crippen LogP contribution in [-0.4, -0.2) is 31.1 Å². The molecule has 0 aromatic heterocycles. The van der Waals surface area contributed by atoms with E-state index >= 15 is 0 Å². The van der Waals surface area contributed by atoms with Gasteiger partial charge in [0.2, 0.25) is 0 Å². The molecule has 2 aromatic carbocycles. The van der Waals surface area contributed by atoms with Crippen LogP contribution in [0, 0.1) is 6.92 Å². The summed E-state index contributed by atoms with van der Waals surface area (Å²) in [5.41, 5.74) is 5.83. The van der Waals surface area contributed by atoms with Crippen LogP contribution in [0.5, 0.6) is 0 Å². The van der Waals surface area contributed by atoms with Gasteiger partial charge in [-0.25, -0.2) is 5.43 Å². The molecule has 0 fully saturated rings. The Morgan fingerprint density at radius 2 is 1.58 bits per heavy atom. The number of anilines is 2. The summed E-state index contributed by atoms with van der Waals surface area (Å²) in [5, 5.41) is 6.35. The van der Waals surface area contributed by atoms with Crippen molar-refractivity contribution in [3.8, 4) is 0 Å². The fraction of sp³-hybridized carbons (Fsp3) is 0.250. The van der Waals surface area contributed by atoms with Gasteiger partial charge in [-0.2, -0.15) is 5.10 Å². The summed E-state index contributed by atoms with van der Waals surface area (Å²) >= 11 is 0. The molecule has 0 radical (unpaired) electrons. The number of aryl methyl sites for hydroxylation is 1. The Kier molecular flexibility index (Phi) is 6.91. The smallest absolute Gasteiger partial charge is 0.329 e. The maximum atomic E-state index is 11.8. The first-order chi connectivity index (χ1) is 12.5. The second-order valence-corrected chi connectivity index (χ2v) is 5.78. The van der Waals surface area contributed by atoms with Crippen molar-refractivity contribution in [3.63, 3.8) is 0 Å². The molecule has 2 aromatic rings. The highest BCUT2D eigenvalue weighted by molar-refractivity contribution is 6.39. The molecule has 0 aliphatic rings. The predicted octanol–water partition coefficient (Wildman–Crippen LogP) is 2.93. The first-order valence-corrected chi connectivity index (χ1v) is 8.59. The Labute approximate surface area is 153 Å². The number of benzene rings is 2. The molecule has 6 nitrogen and oxygen atoms in total. The van der Waals surface area contributed by atoms with Gasteiger partial charge in [-0.15, -0.1) is 0 Å². The summed E-state index contributed by atoms with van der Waals surface area (Å²) in [6.07, 6.45) is 1.50. The number of hydrazone groups is 1. The van der Waals surface area contributed by atoms with Gasteiger partial charge >= 0.3 is 11.8 Å². The third-order valence-electron chi connectivity index (χ3n) is 3.92. The van der Waals surface area contributed by atoms with Crippen LogP contribution in [0.25, 0.3) is 0 Å². The topological polar surface area (TPSA) is 73.8 Å². The van der Waals surface area contributed by atoms with Gasteiger partial charge in [0.15, 0.2) is 0 Å². The highest BCUT2D eigenvalue weighted by Gasteiger charge is 2.12. The fourth-order valence-electron chi connectivity index (χ4n) is 2.40. The van der Waals surface area contributed by atoms with Crippen LogP contribution in [0.3, 0.4) is 0 Å². The molecule has 0 saturated heterocycles. The number of hydrogen-bond donors (Lipinski definition) is 2. The lowest BCUT2D eigenvalue weighted by molar-refractivity contribution is -0.136. The highest BCUT2D eigenvalue weighted by atomic mass is 16.2. The number of nitrogens with one attached hydrogen (secondary N) is 2.